The van der Waals surface area contributed by atoms with E-state index < -0.39 is 40.6 Å². The van der Waals surface area contributed by atoms with Crippen molar-refractivity contribution in [2.24, 2.45) is 12.5 Å². The lowest BCUT2D eigenvalue weighted by atomic mass is 10.0. The van der Waals surface area contributed by atoms with Gasteiger partial charge in [0.2, 0.25) is 5.43 Å². The van der Waals surface area contributed by atoms with E-state index in [-0.39, 0.29) is 39.7 Å². The molecule has 14 nitrogen and oxygen atoms in total. The summed E-state index contributed by atoms with van der Waals surface area (Å²) >= 11 is 6.84. The van der Waals surface area contributed by atoms with Crippen LogP contribution in [0.5, 0.6) is 0 Å². The molecule has 1 aromatic carbocycles. The van der Waals surface area contributed by atoms with Crippen LogP contribution in [0.2, 0.25) is 5.02 Å². The third kappa shape index (κ3) is 6.97. The van der Waals surface area contributed by atoms with Gasteiger partial charge in [-0.15, -0.1) is 0 Å². The summed E-state index contributed by atoms with van der Waals surface area (Å²) in [5.74, 6) is -1.50. The number of carbonyl (C=O) groups excluding carboxylic acids is 3. The number of fused-ring (bicyclic) bond motifs is 4. The van der Waals surface area contributed by atoms with Crippen LogP contribution >= 0.6 is 11.6 Å². The largest absolute Gasteiger partial charge is 0.462 e. The number of hydrogen-bond acceptors (Lipinski definition) is 10. The summed E-state index contributed by atoms with van der Waals surface area (Å²) in [6.45, 7) is 13.5. The van der Waals surface area contributed by atoms with E-state index in [0.717, 1.165) is 12.8 Å². The van der Waals surface area contributed by atoms with Gasteiger partial charge in [-0.3, -0.25) is 9.69 Å². The van der Waals surface area contributed by atoms with Gasteiger partial charge in [0.25, 0.3) is 0 Å². The first-order chi connectivity index (χ1) is 26.2. The van der Waals surface area contributed by atoms with Crippen molar-refractivity contribution < 1.29 is 33.0 Å². The zero-order chi connectivity index (χ0) is 40.6. The number of carbonyl (C=O) groups is 3. The molecule has 2 aliphatic rings. The highest BCUT2D eigenvalue weighted by Gasteiger charge is 2.59. The fourth-order valence-corrected chi connectivity index (χ4v) is 7.81. The number of alkyl carbamates (subject to hydrolysis) is 1. The minimum Gasteiger partial charge on any atom is -0.462 e. The number of pyridine rings is 3. The number of aromatic amines is 1. The molecular formula is C40H45ClFN7O7. The molecular weight excluding hydrogens is 745 g/mol. The Kier molecular flexibility index (Phi) is 9.46. The smallest absolute Gasteiger partial charge is 0.414 e. The van der Waals surface area contributed by atoms with Gasteiger partial charge in [-0.05, 0) is 67.4 Å². The number of nitrogens with one attached hydrogen (secondary N) is 2. The van der Waals surface area contributed by atoms with Crippen LogP contribution in [0.4, 0.5) is 25.4 Å². The molecule has 1 saturated heterocycles. The number of nitrogens with zero attached hydrogens (tertiary/aromatic N) is 5. The average Bonchev–Trinajstić information content (AvgIpc) is 3.39. The van der Waals surface area contributed by atoms with Crippen molar-refractivity contribution >= 4 is 74.1 Å². The third-order valence-electron chi connectivity index (χ3n) is 10.2. The Morgan fingerprint density at radius 2 is 1.80 bits per heavy atom. The molecule has 2 amide bonds. The number of hydrogen-bond donors (Lipinski definition) is 2. The zero-order valence-electron chi connectivity index (χ0n) is 32.8. The lowest BCUT2D eigenvalue weighted by Gasteiger charge is -2.25. The maximum atomic E-state index is 16.0. The first kappa shape index (κ1) is 38.8. The molecule has 1 spiro atoms. The second-order valence-electron chi connectivity index (χ2n) is 16.6. The predicted molar refractivity (Wildman–Crippen MR) is 212 cm³/mol. The van der Waals surface area contributed by atoms with Crippen LogP contribution in [0.3, 0.4) is 0 Å². The van der Waals surface area contributed by atoms with E-state index in [1.54, 1.807) is 57.8 Å². The molecule has 16 heteroatoms. The fourth-order valence-electron chi connectivity index (χ4n) is 7.56. The highest BCUT2D eigenvalue weighted by molar-refractivity contribution is 6.40. The SMILES string of the molecule is CCOC(=O)c1cn(C)c2ncc(-c3cnc4[nH]c5c(N(C)C(=O)OC(C)(C)C)cc(F)c(Cl)c5c4c3N3CC[C@@]4(C[C@H]4NC(=O)OC(C)(C)C)C3)cc2c1=O. The van der Waals surface area contributed by atoms with Gasteiger partial charge in [-0.25, -0.2) is 28.7 Å². The summed E-state index contributed by atoms with van der Waals surface area (Å²) in [7, 11) is 3.17. The molecule has 296 valence electrons. The first-order valence-electron chi connectivity index (χ1n) is 18.4. The summed E-state index contributed by atoms with van der Waals surface area (Å²) < 4.78 is 33.8. The van der Waals surface area contributed by atoms with E-state index in [2.05, 4.69) is 20.2 Å². The van der Waals surface area contributed by atoms with E-state index in [4.69, 9.17) is 30.8 Å². The minimum atomic E-state index is -0.809. The van der Waals surface area contributed by atoms with E-state index in [1.165, 1.54) is 24.2 Å². The van der Waals surface area contributed by atoms with Crippen LogP contribution in [-0.2, 0) is 21.3 Å². The lowest BCUT2D eigenvalue weighted by molar-refractivity contribution is 0.0509. The summed E-state index contributed by atoms with van der Waals surface area (Å²) in [5.41, 5.74) is 0.582. The molecule has 1 aliphatic carbocycles. The van der Waals surface area contributed by atoms with Gasteiger partial charge in [0.1, 0.15) is 33.9 Å². The van der Waals surface area contributed by atoms with Gasteiger partial charge in [0.15, 0.2) is 0 Å². The maximum Gasteiger partial charge on any atom is 0.414 e. The molecule has 56 heavy (non-hydrogen) atoms. The zero-order valence-corrected chi connectivity index (χ0v) is 33.6. The van der Waals surface area contributed by atoms with Crippen LogP contribution in [0.15, 0.2) is 35.5 Å². The molecule has 2 N–H and O–H groups in total. The number of H-pyrrole nitrogens is 1. The van der Waals surface area contributed by atoms with E-state index in [9.17, 15) is 19.2 Å². The molecule has 0 unspecified atom stereocenters. The van der Waals surface area contributed by atoms with Crippen LogP contribution < -0.4 is 20.5 Å². The normalized spacial score (nSPS) is 18.2. The van der Waals surface area contributed by atoms with E-state index in [0.29, 0.717) is 57.5 Å². The summed E-state index contributed by atoms with van der Waals surface area (Å²) in [4.78, 5) is 68.6. The summed E-state index contributed by atoms with van der Waals surface area (Å²) in [6, 6.07) is 2.71. The number of aromatic nitrogens is 4. The summed E-state index contributed by atoms with van der Waals surface area (Å²) in [6.07, 6.45) is 4.94. The molecule has 2 fully saturated rings. The van der Waals surface area contributed by atoms with Crippen LogP contribution in [0.25, 0.3) is 44.1 Å². The van der Waals surface area contributed by atoms with Crippen LogP contribution in [0, 0.1) is 11.2 Å². The molecule has 1 saturated carbocycles. The van der Waals surface area contributed by atoms with Crippen LogP contribution in [-0.4, -0.2) is 81.7 Å². The number of aryl methyl sites for hydroxylation is 1. The van der Waals surface area contributed by atoms with Crippen molar-refractivity contribution in [3.8, 4) is 11.1 Å². The Balaban J connectivity index is 1.42. The third-order valence-corrected chi connectivity index (χ3v) is 10.5. The second kappa shape index (κ2) is 13.6. The topological polar surface area (TPSA) is 161 Å². The molecule has 4 aromatic heterocycles. The average molecular weight is 790 g/mol. The monoisotopic (exact) mass is 789 g/mol. The van der Waals surface area contributed by atoms with Gasteiger partial charge >= 0.3 is 18.2 Å². The molecule has 1 aliphatic heterocycles. The molecule has 0 radical (unpaired) electrons. The van der Waals surface area contributed by atoms with Gasteiger partial charge < -0.3 is 34.0 Å². The fraction of sp³-hybridized carbons (Fsp3) is 0.450. The molecule has 7 rings (SSSR count). The number of amides is 2. The molecule has 2 atom stereocenters. The van der Waals surface area contributed by atoms with Crippen molar-refractivity contribution in [1.29, 1.82) is 0 Å². The van der Waals surface area contributed by atoms with Crippen molar-refractivity contribution in [3.63, 3.8) is 0 Å². The number of rotatable bonds is 6. The number of benzene rings is 1. The first-order valence-corrected chi connectivity index (χ1v) is 18.8. The van der Waals surface area contributed by atoms with Crippen molar-refractivity contribution in [2.45, 2.75) is 78.6 Å². The van der Waals surface area contributed by atoms with Crippen molar-refractivity contribution in [2.75, 3.05) is 36.5 Å². The Hall–Kier alpha value is -5.44. The Labute approximate surface area is 327 Å². The van der Waals surface area contributed by atoms with E-state index >= 15 is 4.39 Å². The maximum absolute atomic E-state index is 16.0. The number of ether oxygens (including phenoxy) is 3. The Morgan fingerprint density at radius 1 is 1.09 bits per heavy atom. The number of anilines is 2. The molecule has 5 aromatic rings. The predicted octanol–water partition coefficient (Wildman–Crippen LogP) is 7.46. The van der Waals surface area contributed by atoms with Crippen molar-refractivity contribution in [3.05, 3.63) is 57.3 Å². The van der Waals surface area contributed by atoms with Gasteiger partial charge in [-0.1, -0.05) is 11.6 Å². The van der Waals surface area contributed by atoms with Gasteiger partial charge in [-0.2, -0.15) is 0 Å². The highest BCUT2D eigenvalue weighted by Crippen LogP contribution is 2.56. The molecule has 5 heterocycles. The second-order valence-corrected chi connectivity index (χ2v) is 17.0. The lowest BCUT2D eigenvalue weighted by Crippen LogP contribution is -2.36. The van der Waals surface area contributed by atoms with Gasteiger partial charge in [0, 0.05) is 79.8 Å². The molecule has 0 bridgehead atoms. The Morgan fingerprint density at radius 3 is 2.48 bits per heavy atom. The number of halogens is 2. The van der Waals surface area contributed by atoms with Crippen molar-refractivity contribution in [1.82, 2.24) is 24.8 Å². The number of esters is 1. The minimum absolute atomic E-state index is 0.0991. The standard InChI is InChI=1S/C40H45ClFN7O7/c1-10-54-35(51)23-18-47(8)34-21(32(23)50)13-20(16-44-34)22-17-43-33-28(31(22)49-12-11-40(19-49)15-26(40)45-36(52)55-38(2,3)4)27-29(41)24(42)14-25(30(27)46-33)48(9)37(53)56-39(5,6)7/h13-14,16-18,26H,10-12,15,19H2,1-9H3,(H,43,46)(H,45,52)/t26-,40-/m1/s1. The van der Waals surface area contributed by atoms with E-state index in [1.807, 2.05) is 20.8 Å². The Bertz CT molecular complexity index is 2520. The van der Waals surface area contributed by atoms with Gasteiger partial charge in [0.05, 0.1) is 39.3 Å². The summed E-state index contributed by atoms with van der Waals surface area (Å²) in [5, 5.41) is 3.83. The highest BCUT2D eigenvalue weighted by atomic mass is 35.5. The van der Waals surface area contributed by atoms with Crippen LogP contribution in [0.1, 0.15) is 71.7 Å². The quantitative estimate of drug-likeness (QED) is 0.131.